The highest BCUT2D eigenvalue weighted by Gasteiger charge is 2.40. The highest BCUT2D eigenvalue weighted by Crippen LogP contribution is 2.41. The van der Waals surface area contributed by atoms with E-state index in [1.165, 1.54) is 89.2 Å². The van der Waals surface area contributed by atoms with Crippen LogP contribution in [0.4, 0.5) is 13.2 Å². The number of nitrogens with one attached hydrogen (secondary N) is 1. The van der Waals surface area contributed by atoms with Crippen LogP contribution in [0.15, 0.2) is 46.8 Å². The molecule has 284 valence electrons. The molecule has 0 bridgehead atoms. The zero-order chi connectivity index (χ0) is 36.6. The minimum absolute atomic E-state index is 0.198. The van der Waals surface area contributed by atoms with Gasteiger partial charge in [0, 0.05) is 22.1 Å². The van der Waals surface area contributed by atoms with Gasteiger partial charge >= 0.3 is 18.1 Å². The number of carbonyl (C=O) groups is 2. The van der Waals surface area contributed by atoms with Gasteiger partial charge in [0.15, 0.2) is 0 Å². The first-order valence-electron chi connectivity index (χ1n) is 19.1. The highest BCUT2D eigenvalue weighted by atomic mass is 79.9. The number of allylic oxidation sites excluding steroid dienone is 2. The summed E-state index contributed by atoms with van der Waals surface area (Å²) in [5.74, 6) is -2.15. The molecule has 0 spiro atoms. The predicted octanol–water partition coefficient (Wildman–Crippen LogP) is 12.6. The first-order chi connectivity index (χ1) is 24.2. The summed E-state index contributed by atoms with van der Waals surface area (Å²) >= 11 is 6.94. The van der Waals surface area contributed by atoms with Crippen LogP contribution in [0.1, 0.15) is 159 Å². The summed E-state index contributed by atoms with van der Waals surface area (Å²) in [4.78, 5) is 27.5. The number of hydrogen-bond acceptors (Lipinski definition) is 5. The molecule has 0 saturated heterocycles. The molecule has 2 rings (SSSR count). The lowest BCUT2D eigenvalue weighted by Gasteiger charge is -2.32. The fraction of sp³-hybridized carbons (Fsp3) is 0.700. The van der Waals surface area contributed by atoms with Crippen LogP contribution in [0.3, 0.4) is 0 Å². The maximum absolute atomic E-state index is 13.8. The van der Waals surface area contributed by atoms with Crippen molar-refractivity contribution in [1.82, 2.24) is 5.32 Å². The van der Waals surface area contributed by atoms with Crippen molar-refractivity contribution in [2.24, 2.45) is 0 Å². The van der Waals surface area contributed by atoms with Gasteiger partial charge in [-0.05, 0) is 30.5 Å². The van der Waals surface area contributed by atoms with E-state index in [-0.39, 0.29) is 35.0 Å². The summed E-state index contributed by atoms with van der Waals surface area (Å²) in [6.45, 7) is 4.88. The Balaban J connectivity index is 2.11. The molecule has 1 N–H and O–H groups in total. The first kappa shape index (κ1) is 44.4. The van der Waals surface area contributed by atoms with Crippen molar-refractivity contribution in [3.05, 3.63) is 57.9 Å². The molecule has 5 nitrogen and oxygen atoms in total. The Kier molecular flexibility index (Phi) is 23.1. The van der Waals surface area contributed by atoms with Crippen molar-refractivity contribution >= 4 is 43.8 Å². The minimum Gasteiger partial charge on any atom is -0.462 e. The molecular formula is C40H60Br2F3NO4. The number of alkyl halides is 5. The van der Waals surface area contributed by atoms with Gasteiger partial charge in [-0.25, -0.2) is 9.59 Å². The molecule has 1 aliphatic rings. The van der Waals surface area contributed by atoms with E-state index in [0.29, 0.717) is 29.8 Å². The van der Waals surface area contributed by atoms with Gasteiger partial charge < -0.3 is 14.8 Å². The third-order valence-corrected chi connectivity index (χ3v) is 10.4. The Hall–Kier alpha value is -1.81. The van der Waals surface area contributed by atoms with Gasteiger partial charge in [-0.3, -0.25) is 0 Å². The SMILES string of the molecule is CCCCCCCCCCCCOC(=O)C1=C(CBr)NC(CBr)=C(C(=O)OCCCCCCCCCCCC)C1c1ccc(C(F)(F)F)cc1. The zero-order valence-corrected chi connectivity index (χ0v) is 33.6. The van der Waals surface area contributed by atoms with E-state index in [1.54, 1.807) is 0 Å². The summed E-state index contributed by atoms with van der Waals surface area (Å²) in [6.07, 6.45) is 18.4. The van der Waals surface area contributed by atoms with Crippen molar-refractivity contribution < 1.29 is 32.2 Å². The molecule has 0 aromatic heterocycles. The molecule has 1 heterocycles. The Bertz CT molecular complexity index is 1120. The Morgan fingerprint density at radius 3 is 1.26 bits per heavy atom. The molecule has 0 saturated carbocycles. The average molecular weight is 836 g/mol. The molecule has 1 aliphatic heterocycles. The van der Waals surface area contributed by atoms with Crippen molar-refractivity contribution in [2.75, 3.05) is 23.9 Å². The topological polar surface area (TPSA) is 64.6 Å². The van der Waals surface area contributed by atoms with Crippen LogP contribution in [0, 0.1) is 0 Å². The predicted molar refractivity (Wildman–Crippen MR) is 205 cm³/mol. The van der Waals surface area contributed by atoms with E-state index in [4.69, 9.17) is 9.47 Å². The van der Waals surface area contributed by atoms with Crippen LogP contribution in [0.5, 0.6) is 0 Å². The number of unbranched alkanes of at least 4 members (excludes halogenated alkanes) is 18. The molecule has 10 heteroatoms. The number of dihydropyridines is 1. The van der Waals surface area contributed by atoms with E-state index in [2.05, 4.69) is 51.0 Å². The van der Waals surface area contributed by atoms with E-state index in [0.717, 1.165) is 50.7 Å². The third kappa shape index (κ3) is 16.2. The van der Waals surface area contributed by atoms with Gasteiger partial charge in [-0.2, -0.15) is 13.2 Å². The number of halogens is 5. The van der Waals surface area contributed by atoms with Crippen LogP contribution in [-0.2, 0) is 25.2 Å². The smallest absolute Gasteiger partial charge is 0.416 e. The van der Waals surface area contributed by atoms with Crippen molar-refractivity contribution in [3.63, 3.8) is 0 Å². The summed E-state index contributed by atoms with van der Waals surface area (Å²) in [5, 5.41) is 3.73. The molecule has 1 aromatic carbocycles. The fourth-order valence-corrected chi connectivity index (χ4v) is 7.25. The molecular weight excluding hydrogens is 775 g/mol. The van der Waals surface area contributed by atoms with Crippen LogP contribution in [-0.4, -0.2) is 35.8 Å². The summed E-state index contributed by atoms with van der Waals surface area (Å²) in [6, 6.07) is 4.64. The molecule has 0 unspecified atom stereocenters. The number of benzene rings is 1. The average Bonchev–Trinajstić information content (AvgIpc) is 3.11. The fourth-order valence-electron chi connectivity index (χ4n) is 6.36. The second-order valence-corrected chi connectivity index (χ2v) is 14.5. The summed E-state index contributed by atoms with van der Waals surface area (Å²) < 4.78 is 52.0. The molecule has 50 heavy (non-hydrogen) atoms. The molecule has 0 aliphatic carbocycles. The van der Waals surface area contributed by atoms with Crippen molar-refractivity contribution in [1.29, 1.82) is 0 Å². The Labute approximate surface area is 316 Å². The minimum atomic E-state index is -4.52. The maximum atomic E-state index is 13.8. The summed E-state index contributed by atoms with van der Waals surface area (Å²) in [7, 11) is 0. The van der Waals surface area contributed by atoms with Gasteiger partial charge in [-0.15, -0.1) is 0 Å². The Morgan fingerprint density at radius 2 is 0.940 bits per heavy atom. The van der Waals surface area contributed by atoms with E-state index >= 15 is 0 Å². The maximum Gasteiger partial charge on any atom is 0.416 e. The van der Waals surface area contributed by atoms with Crippen LogP contribution < -0.4 is 5.32 Å². The summed E-state index contributed by atoms with van der Waals surface area (Å²) in [5.41, 5.74) is 0.980. The van der Waals surface area contributed by atoms with Gasteiger partial charge in [0.25, 0.3) is 0 Å². The molecule has 0 amide bonds. The normalized spacial score (nSPS) is 13.9. The second-order valence-electron chi connectivity index (χ2n) is 13.4. The highest BCUT2D eigenvalue weighted by molar-refractivity contribution is 9.09. The van der Waals surface area contributed by atoms with Crippen molar-refractivity contribution in [3.8, 4) is 0 Å². The van der Waals surface area contributed by atoms with Crippen LogP contribution in [0.2, 0.25) is 0 Å². The van der Waals surface area contributed by atoms with Gasteiger partial charge in [0.2, 0.25) is 0 Å². The first-order valence-corrected chi connectivity index (χ1v) is 21.3. The van der Waals surface area contributed by atoms with Gasteiger partial charge in [0.05, 0.1) is 35.8 Å². The van der Waals surface area contributed by atoms with E-state index in [1.807, 2.05) is 0 Å². The largest absolute Gasteiger partial charge is 0.462 e. The number of carbonyl (C=O) groups excluding carboxylic acids is 2. The lowest BCUT2D eigenvalue weighted by molar-refractivity contribution is -0.140. The molecule has 0 radical (unpaired) electrons. The van der Waals surface area contributed by atoms with E-state index < -0.39 is 29.6 Å². The number of esters is 2. The zero-order valence-electron chi connectivity index (χ0n) is 30.4. The monoisotopic (exact) mass is 833 g/mol. The number of rotatable bonds is 27. The lowest BCUT2D eigenvalue weighted by Crippen LogP contribution is -2.35. The molecule has 0 atom stereocenters. The third-order valence-electron chi connectivity index (χ3n) is 9.27. The molecule has 0 fully saturated rings. The van der Waals surface area contributed by atoms with Crippen molar-refractivity contribution in [2.45, 2.75) is 154 Å². The number of ether oxygens (including phenoxy) is 2. The van der Waals surface area contributed by atoms with Crippen LogP contribution in [0.25, 0.3) is 0 Å². The van der Waals surface area contributed by atoms with E-state index in [9.17, 15) is 22.8 Å². The van der Waals surface area contributed by atoms with Gasteiger partial charge in [-0.1, -0.05) is 173 Å². The molecule has 1 aromatic rings. The van der Waals surface area contributed by atoms with Crippen LogP contribution >= 0.6 is 31.9 Å². The second kappa shape index (κ2) is 26.0. The lowest BCUT2D eigenvalue weighted by atomic mass is 9.80. The van der Waals surface area contributed by atoms with Gasteiger partial charge in [0.1, 0.15) is 0 Å². The number of hydrogen-bond donors (Lipinski definition) is 1. The standard InChI is InChI=1S/C40H60Br2F3NO4/c1-3-5-7-9-11-13-15-17-19-21-27-49-38(47)36-33(29-41)46-34(30-42)37(35(36)31-23-25-32(26-24-31)40(43,44)45)39(48)50-28-22-20-18-16-14-12-10-8-6-4-2/h23-26,35,46H,3-22,27-30H2,1-2H3. The quantitative estimate of drug-likeness (QED) is 0.0543. The Morgan fingerprint density at radius 1 is 0.600 bits per heavy atom.